The molecule has 0 aliphatic heterocycles. The Hall–Kier alpha value is -2.11. The molecule has 0 amide bonds. The van der Waals surface area contributed by atoms with Gasteiger partial charge in [-0.25, -0.2) is 9.97 Å². The predicted octanol–water partition coefficient (Wildman–Crippen LogP) is 1.18. The van der Waals surface area contributed by atoms with Gasteiger partial charge in [-0.2, -0.15) is 0 Å². The van der Waals surface area contributed by atoms with Gasteiger partial charge in [0.1, 0.15) is 11.6 Å². The van der Waals surface area contributed by atoms with Crippen molar-refractivity contribution < 1.29 is 4.74 Å². The highest BCUT2D eigenvalue weighted by Gasteiger charge is 2.10. The molecule has 0 fully saturated rings. The molecular formula is C12H17N5O. The van der Waals surface area contributed by atoms with Crippen molar-refractivity contribution in [2.45, 2.75) is 26.8 Å². The van der Waals surface area contributed by atoms with Gasteiger partial charge in [0.25, 0.3) is 0 Å². The first kappa shape index (κ1) is 12.3. The molecule has 0 radical (unpaired) electrons. The highest BCUT2D eigenvalue weighted by Crippen LogP contribution is 2.18. The summed E-state index contributed by atoms with van der Waals surface area (Å²) in [7, 11) is 1.61. The summed E-state index contributed by atoms with van der Waals surface area (Å²) in [4.78, 5) is 8.32. The molecule has 0 aliphatic rings. The Morgan fingerprint density at radius 2 is 2.22 bits per heavy atom. The Kier molecular flexibility index (Phi) is 3.45. The molecule has 0 saturated carbocycles. The molecule has 18 heavy (non-hydrogen) atoms. The minimum Gasteiger partial charge on any atom is -0.480 e. The van der Waals surface area contributed by atoms with Gasteiger partial charge in [-0.15, -0.1) is 5.10 Å². The lowest BCUT2D eigenvalue weighted by Crippen LogP contribution is -2.07. The van der Waals surface area contributed by atoms with Crippen LogP contribution in [0.15, 0.2) is 12.3 Å². The van der Waals surface area contributed by atoms with Crippen LogP contribution in [0.3, 0.4) is 0 Å². The van der Waals surface area contributed by atoms with E-state index in [1.807, 2.05) is 24.6 Å². The minimum absolute atomic E-state index is 0.519. The average Bonchev–Trinajstić information content (AvgIpc) is 2.75. The first-order chi connectivity index (χ1) is 8.63. The summed E-state index contributed by atoms with van der Waals surface area (Å²) < 4.78 is 7.02. The maximum Gasteiger partial charge on any atom is 0.232 e. The number of ether oxygens (including phenoxy) is 1. The lowest BCUT2D eigenvalue weighted by Gasteiger charge is -2.06. The number of nitrogens with zero attached hydrogens (tertiary/aromatic N) is 4. The Morgan fingerprint density at radius 1 is 1.44 bits per heavy atom. The number of methoxy groups -OCH3 is 1. The van der Waals surface area contributed by atoms with E-state index in [4.69, 9.17) is 10.5 Å². The summed E-state index contributed by atoms with van der Waals surface area (Å²) in [6, 6.07) is 1.91. The number of nitrogen functional groups attached to an aromatic ring is 1. The van der Waals surface area contributed by atoms with Crippen molar-refractivity contribution in [1.82, 2.24) is 19.7 Å². The summed E-state index contributed by atoms with van der Waals surface area (Å²) in [5.74, 6) is 1.81. The molecule has 2 N–H and O–H groups in total. The Balaban J connectivity index is 2.30. The number of aryl methyl sites for hydroxylation is 2. The molecule has 0 atom stereocenters. The molecule has 2 aromatic heterocycles. The van der Waals surface area contributed by atoms with Crippen LogP contribution in [0.1, 0.15) is 24.0 Å². The van der Waals surface area contributed by atoms with Gasteiger partial charge in [-0.1, -0.05) is 0 Å². The number of hydrogen-bond acceptors (Lipinski definition) is 5. The zero-order valence-electron chi connectivity index (χ0n) is 10.8. The molecule has 0 bridgehead atoms. The fraction of sp³-hybridized carbons (Fsp3) is 0.417. The predicted molar refractivity (Wildman–Crippen MR) is 68.4 cm³/mol. The summed E-state index contributed by atoms with van der Waals surface area (Å²) in [6.07, 6.45) is 2.41. The van der Waals surface area contributed by atoms with Crippen LogP contribution in [-0.4, -0.2) is 26.9 Å². The van der Waals surface area contributed by atoms with Crippen LogP contribution < -0.4 is 10.5 Å². The number of aromatic nitrogens is 4. The second-order valence-electron chi connectivity index (χ2n) is 4.00. The third-order valence-corrected chi connectivity index (χ3v) is 2.74. The standard InChI is InChI=1S/C12H17N5O/c1-4-17-10(6-11(16-17)18-3)5-9-7-14-8(2)15-12(9)13/h6-7H,4-5H2,1-3H3,(H2,13,14,15). The van der Waals surface area contributed by atoms with E-state index in [1.165, 1.54) is 0 Å². The number of rotatable bonds is 4. The minimum atomic E-state index is 0.519. The van der Waals surface area contributed by atoms with Crippen molar-refractivity contribution >= 4 is 5.82 Å². The maximum atomic E-state index is 5.89. The molecule has 0 aromatic carbocycles. The van der Waals surface area contributed by atoms with Crippen LogP contribution in [-0.2, 0) is 13.0 Å². The van der Waals surface area contributed by atoms with Gasteiger partial charge in [-0.3, -0.25) is 4.68 Å². The van der Waals surface area contributed by atoms with E-state index >= 15 is 0 Å². The first-order valence-electron chi connectivity index (χ1n) is 5.82. The van der Waals surface area contributed by atoms with Crippen LogP contribution >= 0.6 is 0 Å². The first-order valence-corrected chi connectivity index (χ1v) is 5.82. The van der Waals surface area contributed by atoms with Crippen LogP contribution in [0.5, 0.6) is 5.88 Å². The van der Waals surface area contributed by atoms with Crippen molar-refractivity contribution in [2.24, 2.45) is 0 Å². The summed E-state index contributed by atoms with van der Waals surface area (Å²) in [5.41, 5.74) is 7.82. The van der Waals surface area contributed by atoms with Gasteiger partial charge in [0.05, 0.1) is 7.11 Å². The van der Waals surface area contributed by atoms with Gasteiger partial charge in [0, 0.05) is 36.5 Å². The quantitative estimate of drug-likeness (QED) is 0.877. The molecule has 2 heterocycles. The topological polar surface area (TPSA) is 78.8 Å². The third kappa shape index (κ3) is 2.42. The Bertz CT molecular complexity index is 549. The normalized spacial score (nSPS) is 10.6. The van der Waals surface area contributed by atoms with Gasteiger partial charge >= 0.3 is 0 Å². The highest BCUT2D eigenvalue weighted by atomic mass is 16.5. The second kappa shape index (κ2) is 5.03. The third-order valence-electron chi connectivity index (χ3n) is 2.74. The molecule has 0 aliphatic carbocycles. The van der Waals surface area contributed by atoms with Gasteiger partial charge in [0.2, 0.25) is 5.88 Å². The van der Waals surface area contributed by atoms with E-state index < -0.39 is 0 Å². The van der Waals surface area contributed by atoms with Crippen molar-refractivity contribution in [3.05, 3.63) is 29.3 Å². The number of nitrogens with two attached hydrogens (primary N) is 1. The van der Waals surface area contributed by atoms with Gasteiger partial charge in [-0.05, 0) is 13.8 Å². The van der Waals surface area contributed by atoms with E-state index in [9.17, 15) is 0 Å². The van der Waals surface area contributed by atoms with Crippen LogP contribution in [0.2, 0.25) is 0 Å². The summed E-state index contributed by atoms with van der Waals surface area (Å²) in [6.45, 7) is 4.63. The van der Waals surface area contributed by atoms with E-state index in [0.29, 0.717) is 23.9 Å². The summed E-state index contributed by atoms with van der Waals surface area (Å²) in [5, 5.41) is 4.30. The largest absolute Gasteiger partial charge is 0.480 e. The fourth-order valence-electron chi connectivity index (χ4n) is 1.79. The van der Waals surface area contributed by atoms with Gasteiger partial charge in [0.15, 0.2) is 0 Å². The van der Waals surface area contributed by atoms with Crippen molar-refractivity contribution in [2.75, 3.05) is 12.8 Å². The molecule has 0 unspecified atom stereocenters. The molecule has 0 saturated heterocycles. The lowest BCUT2D eigenvalue weighted by molar-refractivity contribution is 0.389. The number of anilines is 1. The monoisotopic (exact) mass is 247 g/mol. The van der Waals surface area contributed by atoms with E-state index in [0.717, 1.165) is 17.8 Å². The molecule has 6 nitrogen and oxygen atoms in total. The highest BCUT2D eigenvalue weighted by molar-refractivity contribution is 5.40. The van der Waals surface area contributed by atoms with Crippen molar-refractivity contribution in [1.29, 1.82) is 0 Å². The van der Waals surface area contributed by atoms with E-state index in [2.05, 4.69) is 15.1 Å². The molecule has 6 heteroatoms. The molecule has 2 rings (SSSR count). The zero-order valence-corrected chi connectivity index (χ0v) is 10.8. The zero-order chi connectivity index (χ0) is 13.1. The van der Waals surface area contributed by atoms with Gasteiger partial charge < -0.3 is 10.5 Å². The molecule has 96 valence electrons. The van der Waals surface area contributed by atoms with E-state index in [-0.39, 0.29) is 0 Å². The molecule has 0 spiro atoms. The summed E-state index contributed by atoms with van der Waals surface area (Å²) >= 11 is 0. The maximum absolute atomic E-state index is 5.89. The Morgan fingerprint density at radius 3 is 2.83 bits per heavy atom. The van der Waals surface area contributed by atoms with Crippen LogP contribution in [0.4, 0.5) is 5.82 Å². The smallest absolute Gasteiger partial charge is 0.232 e. The SMILES string of the molecule is CCn1nc(OC)cc1Cc1cnc(C)nc1N. The van der Waals surface area contributed by atoms with Crippen LogP contribution in [0, 0.1) is 6.92 Å². The average molecular weight is 247 g/mol. The number of hydrogen-bond donors (Lipinski definition) is 1. The van der Waals surface area contributed by atoms with Crippen molar-refractivity contribution in [3.8, 4) is 5.88 Å². The van der Waals surface area contributed by atoms with E-state index in [1.54, 1.807) is 13.3 Å². The molecular weight excluding hydrogens is 230 g/mol. The van der Waals surface area contributed by atoms with Crippen molar-refractivity contribution in [3.63, 3.8) is 0 Å². The fourth-order valence-corrected chi connectivity index (χ4v) is 1.79. The molecule has 2 aromatic rings. The Labute approximate surface area is 106 Å². The van der Waals surface area contributed by atoms with Crippen LogP contribution in [0.25, 0.3) is 0 Å². The second-order valence-corrected chi connectivity index (χ2v) is 4.00. The lowest BCUT2D eigenvalue weighted by atomic mass is 10.1.